The summed E-state index contributed by atoms with van der Waals surface area (Å²) in [4.78, 5) is 10.7. The first-order valence-electron chi connectivity index (χ1n) is 6.38. The van der Waals surface area contributed by atoms with Gasteiger partial charge in [-0.1, -0.05) is 45.9 Å². The Balaban J connectivity index is 2.66. The van der Waals surface area contributed by atoms with E-state index in [1.807, 2.05) is 18.2 Å². The van der Waals surface area contributed by atoms with Gasteiger partial charge in [-0.05, 0) is 23.5 Å². The van der Waals surface area contributed by atoms with Gasteiger partial charge in [-0.2, -0.15) is 0 Å². The van der Waals surface area contributed by atoms with Crippen molar-refractivity contribution in [1.29, 1.82) is 0 Å². The maximum absolute atomic E-state index is 10.7. The second kappa shape index (κ2) is 5.89. The van der Waals surface area contributed by atoms with Crippen molar-refractivity contribution in [2.75, 3.05) is 11.9 Å². The number of hydrogen-bond acceptors (Lipinski definition) is 2. The smallest absolute Gasteiger partial charge is 0.306 e. The number of nitrogens with one attached hydrogen (secondary N) is 1. The molecular formula is C15H23NO2. The largest absolute Gasteiger partial charge is 0.481 e. The number of hydrogen-bond donors (Lipinski definition) is 2. The van der Waals surface area contributed by atoms with Crippen LogP contribution in [0.5, 0.6) is 0 Å². The van der Waals surface area contributed by atoms with Crippen molar-refractivity contribution in [3.05, 3.63) is 29.8 Å². The first-order valence-corrected chi connectivity index (χ1v) is 6.38. The summed E-state index contributed by atoms with van der Waals surface area (Å²) in [6.07, 6.45) is 0.633. The Morgan fingerprint density at radius 2 is 1.94 bits per heavy atom. The van der Waals surface area contributed by atoms with Crippen molar-refractivity contribution in [1.82, 2.24) is 0 Å². The van der Waals surface area contributed by atoms with Crippen molar-refractivity contribution in [3.8, 4) is 0 Å². The maximum atomic E-state index is 10.7. The maximum Gasteiger partial charge on any atom is 0.306 e. The fourth-order valence-corrected chi connectivity index (χ4v) is 1.84. The average molecular weight is 249 g/mol. The molecule has 0 aliphatic carbocycles. The van der Waals surface area contributed by atoms with E-state index in [1.165, 1.54) is 5.56 Å². The Hall–Kier alpha value is -1.51. The molecule has 0 aliphatic heterocycles. The van der Waals surface area contributed by atoms with E-state index in [9.17, 15) is 4.79 Å². The summed E-state index contributed by atoms with van der Waals surface area (Å²) >= 11 is 0. The summed E-state index contributed by atoms with van der Waals surface area (Å²) in [6.45, 7) is 8.94. The summed E-state index contributed by atoms with van der Waals surface area (Å²) < 4.78 is 0. The third-order valence-corrected chi connectivity index (χ3v) is 3.05. The lowest BCUT2D eigenvalue weighted by Gasteiger charge is -2.23. The van der Waals surface area contributed by atoms with E-state index < -0.39 is 5.97 Å². The van der Waals surface area contributed by atoms with Crippen LogP contribution in [0.15, 0.2) is 24.3 Å². The molecule has 0 fully saturated rings. The molecule has 0 saturated carbocycles. The van der Waals surface area contributed by atoms with E-state index >= 15 is 0 Å². The van der Waals surface area contributed by atoms with E-state index in [4.69, 9.17) is 5.11 Å². The highest BCUT2D eigenvalue weighted by molar-refractivity contribution is 5.69. The van der Waals surface area contributed by atoms with Gasteiger partial charge in [0, 0.05) is 12.2 Å². The van der Waals surface area contributed by atoms with Crippen LogP contribution in [-0.2, 0) is 10.2 Å². The Kier molecular flexibility index (Phi) is 4.76. The zero-order chi connectivity index (χ0) is 13.8. The highest BCUT2D eigenvalue weighted by Gasteiger charge is 2.17. The lowest BCUT2D eigenvalue weighted by Crippen LogP contribution is -2.18. The molecule has 0 aliphatic rings. The van der Waals surface area contributed by atoms with Crippen molar-refractivity contribution in [3.63, 3.8) is 0 Å². The minimum Gasteiger partial charge on any atom is -0.481 e. The SMILES string of the molecule is CC(CCNc1ccccc1C(C)(C)C)C(=O)O. The Bertz CT molecular complexity index is 407. The normalized spacial score (nSPS) is 13.1. The minimum atomic E-state index is -0.735. The van der Waals surface area contributed by atoms with Gasteiger partial charge in [0.15, 0.2) is 0 Å². The average Bonchev–Trinajstić information content (AvgIpc) is 2.28. The Labute approximate surface area is 109 Å². The van der Waals surface area contributed by atoms with E-state index in [0.717, 1.165) is 5.69 Å². The molecule has 18 heavy (non-hydrogen) atoms. The molecule has 0 amide bonds. The molecule has 2 N–H and O–H groups in total. The number of carboxylic acid groups (broad SMARTS) is 1. The van der Waals surface area contributed by atoms with E-state index in [1.54, 1.807) is 6.92 Å². The minimum absolute atomic E-state index is 0.0853. The predicted octanol–water partition coefficient (Wildman–Crippen LogP) is 3.51. The molecule has 0 aromatic heterocycles. The van der Waals surface area contributed by atoms with Gasteiger partial charge in [-0.3, -0.25) is 4.79 Å². The molecule has 100 valence electrons. The lowest BCUT2D eigenvalue weighted by atomic mass is 9.86. The Morgan fingerprint density at radius 1 is 1.33 bits per heavy atom. The lowest BCUT2D eigenvalue weighted by molar-refractivity contribution is -0.141. The Morgan fingerprint density at radius 3 is 2.50 bits per heavy atom. The van der Waals surface area contributed by atoms with Gasteiger partial charge in [0.2, 0.25) is 0 Å². The number of carbonyl (C=O) groups is 1. The number of aliphatic carboxylic acids is 1. The van der Waals surface area contributed by atoms with Crippen LogP contribution in [-0.4, -0.2) is 17.6 Å². The van der Waals surface area contributed by atoms with Gasteiger partial charge >= 0.3 is 5.97 Å². The summed E-state index contributed by atoms with van der Waals surface area (Å²) in [7, 11) is 0. The first kappa shape index (κ1) is 14.6. The number of anilines is 1. The quantitative estimate of drug-likeness (QED) is 0.839. The standard InChI is InChI=1S/C15H23NO2/c1-11(14(17)18)9-10-16-13-8-6-5-7-12(13)15(2,3)4/h5-8,11,16H,9-10H2,1-4H3,(H,17,18). The second-order valence-corrected chi connectivity index (χ2v) is 5.75. The topological polar surface area (TPSA) is 49.3 Å². The van der Waals surface area contributed by atoms with Gasteiger partial charge in [0.05, 0.1) is 5.92 Å². The molecule has 1 atom stereocenters. The monoisotopic (exact) mass is 249 g/mol. The molecule has 3 heteroatoms. The highest BCUT2D eigenvalue weighted by Crippen LogP contribution is 2.29. The van der Waals surface area contributed by atoms with E-state index in [0.29, 0.717) is 13.0 Å². The fourth-order valence-electron chi connectivity index (χ4n) is 1.84. The zero-order valence-electron chi connectivity index (χ0n) is 11.7. The number of benzene rings is 1. The van der Waals surface area contributed by atoms with Crippen molar-refractivity contribution in [2.45, 2.75) is 39.5 Å². The number of rotatable bonds is 5. The highest BCUT2D eigenvalue weighted by atomic mass is 16.4. The second-order valence-electron chi connectivity index (χ2n) is 5.75. The third-order valence-electron chi connectivity index (χ3n) is 3.05. The van der Waals surface area contributed by atoms with Gasteiger partial charge in [-0.15, -0.1) is 0 Å². The molecular weight excluding hydrogens is 226 g/mol. The molecule has 1 unspecified atom stereocenters. The van der Waals surface area contributed by atoms with Crippen LogP contribution >= 0.6 is 0 Å². The number of para-hydroxylation sites is 1. The van der Waals surface area contributed by atoms with E-state index in [2.05, 4.69) is 32.2 Å². The molecule has 3 nitrogen and oxygen atoms in total. The van der Waals surface area contributed by atoms with Crippen LogP contribution in [0.4, 0.5) is 5.69 Å². The molecule has 1 rings (SSSR count). The van der Waals surface area contributed by atoms with Gasteiger partial charge in [-0.25, -0.2) is 0 Å². The number of carboxylic acids is 1. The molecule has 1 aromatic carbocycles. The van der Waals surface area contributed by atoms with Crippen LogP contribution in [0, 0.1) is 5.92 Å². The summed E-state index contributed by atoms with van der Waals surface area (Å²) in [5.74, 6) is -1.04. The van der Waals surface area contributed by atoms with Crippen LogP contribution in [0.3, 0.4) is 0 Å². The summed E-state index contributed by atoms with van der Waals surface area (Å²) in [5, 5.41) is 12.2. The van der Waals surface area contributed by atoms with Crippen LogP contribution < -0.4 is 5.32 Å². The first-order chi connectivity index (χ1) is 8.32. The van der Waals surface area contributed by atoms with Crippen molar-refractivity contribution in [2.24, 2.45) is 5.92 Å². The van der Waals surface area contributed by atoms with Crippen molar-refractivity contribution >= 4 is 11.7 Å². The van der Waals surface area contributed by atoms with E-state index in [-0.39, 0.29) is 11.3 Å². The van der Waals surface area contributed by atoms with Crippen LogP contribution in [0.1, 0.15) is 39.7 Å². The zero-order valence-corrected chi connectivity index (χ0v) is 11.7. The van der Waals surface area contributed by atoms with Gasteiger partial charge in [0.1, 0.15) is 0 Å². The molecule has 1 aromatic rings. The van der Waals surface area contributed by atoms with Gasteiger partial charge < -0.3 is 10.4 Å². The van der Waals surface area contributed by atoms with Crippen LogP contribution in [0.2, 0.25) is 0 Å². The molecule has 0 bridgehead atoms. The van der Waals surface area contributed by atoms with Crippen molar-refractivity contribution < 1.29 is 9.90 Å². The molecule has 0 spiro atoms. The summed E-state index contributed by atoms with van der Waals surface area (Å²) in [6, 6.07) is 8.19. The predicted molar refractivity (Wildman–Crippen MR) is 75.0 cm³/mol. The summed E-state index contributed by atoms with van der Waals surface area (Å²) in [5.41, 5.74) is 2.44. The molecule has 0 heterocycles. The third kappa shape index (κ3) is 4.06. The molecule has 0 saturated heterocycles. The van der Waals surface area contributed by atoms with Crippen LogP contribution in [0.25, 0.3) is 0 Å². The fraction of sp³-hybridized carbons (Fsp3) is 0.533. The van der Waals surface area contributed by atoms with Gasteiger partial charge in [0.25, 0.3) is 0 Å². The molecule has 0 radical (unpaired) electrons.